The highest BCUT2D eigenvalue weighted by Gasteiger charge is 2.09. The Morgan fingerprint density at radius 2 is 1.89 bits per heavy atom. The number of nitrogens with one attached hydrogen (secondary N) is 1. The SMILES string of the molecule is Cc1cc(O)c(Cl)cc1NC(=O)c1ccccc1. The van der Waals surface area contributed by atoms with Gasteiger partial charge in [-0.1, -0.05) is 29.8 Å². The third kappa shape index (κ3) is 2.63. The molecule has 2 N–H and O–H groups in total. The molecule has 0 spiro atoms. The van der Waals surface area contributed by atoms with E-state index in [1.807, 2.05) is 6.07 Å². The van der Waals surface area contributed by atoms with E-state index in [9.17, 15) is 9.90 Å². The maximum Gasteiger partial charge on any atom is 0.255 e. The molecule has 0 unspecified atom stereocenters. The fraction of sp³-hybridized carbons (Fsp3) is 0.0714. The molecule has 18 heavy (non-hydrogen) atoms. The molecule has 1 amide bonds. The van der Waals surface area contributed by atoms with Crippen LogP contribution in [0.2, 0.25) is 5.02 Å². The van der Waals surface area contributed by atoms with Gasteiger partial charge in [0.2, 0.25) is 0 Å². The van der Waals surface area contributed by atoms with Crippen molar-refractivity contribution in [2.24, 2.45) is 0 Å². The van der Waals surface area contributed by atoms with Crippen LogP contribution in [0.25, 0.3) is 0 Å². The van der Waals surface area contributed by atoms with Crippen LogP contribution in [0.3, 0.4) is 0 Å². The topological polar surface area (TPSA) is 49.3 Å². The van der Waals surface area contributed by atoms with Crippen LogP contribution in [0.4, 0.5) is 5.69 Å². The van der Waals surface area contributed by atoms with Gasteiger partial charge in [0.15, 0.2) is 0 Å². The van der Waals surface area contributed by atoms with Gasteiger partial charge in [0.25, 0.3) is 5.91 Å². The predicted molar refractivity (Wildman–Crippen MR) is 72.2 cm³/mol. The number of phenols is 1. The number of benzene rings is 2. The zero-order chi connectivity index (χ0) is 13.1. The van der Waals surface area contributed by atoms with E-state index < -0.39 is 0 Å². The van der Waals surface area contributed by atoms with Gasteiger partial charge in [-0.25, -0.2) is 0 Å². The van der Waals surface area contributed by atoms with E-state index in [0.717, 1.165) is 5.56 Å². The number of aryl methyl sites for hydroxylation is 1. The van der Waals surface area contributed by atoms with Gasteiger partial charge in [-0.15, -0.1) is 0 Å². The molecule has 0 aliphatic rings. The van der Waals surface area contributed by atoms with Crippen LogP contribution in [0.1, 0.15) is 15.9 Å². The van der Waals surface area contributed by atoms with Crippen molar-refractivity contribution < 1.29 is 9.90 Å². The first-order valence-electron chi connectivity index (χ1n) is 5.43. The van der Waals surface area contributed by atoms with E-state index in [1.165, 1.54) is 12.1 Å². The molecule has 0 saturated heterocycles. The second-order valence-corrected chi connectivity index (χ2v) is 4.35. The van der Waals surface area contributed by atoms with Gasteiger partial charge >= 0.3 is 0 Å². The number of rotatable bonds is 2. The van der Waals surface area contributed by atoms with Crippen LogP contribution in [0, 0.1) is 6.92 Å². The Morgan fingerprint density at radius 3 is 2.56 bits per heavy atom. The molecule has 92 valence electrons. The van der Waals surface area contributed by atoms with Crippen molar-refractivity contribution in [3.05, 3.63) is 58.6 Å². The highest BCUT2D eigenvalue weighted by Crippen LogP contribution is 2.29. The molecule has 2 aromatic rings. The summed E-state index contributed by atoms with van der Waals surface area (Å²) in [5, 5.41) is 12.4. The van der Waals surface area contributed by atoms with Crippen molar-refractivity contribution in [3.63, 3.8) is 0 Å². The lowest BCUT2D eigenvalue weighted by atomic mass is 10.1. The lowest BCUT2D eigenvalue weighted by Crippen LogP contribution is -2.12. The molecule has 0 bridgehead atoms. The summed E-state index contributed by atoms with van der Waals surface area (Å²) < 4.78 is 0. The first-order valence-corrected chi connectivity index (χ1v) is 5.81. The standard InChI is InChI=1S/C14H12ClNO2/c1-9-7-13(17)11(15)8-12(9)16-14(18)10-5-3-2-4-6-10/h2-8,17H,1H3,(H,16,18). The summed E-state index contributed by atoms with van der Waals surface area (Å²) >= 11 is 5.81. The van der Waals surface area contributed by atoms with Gasteiger partial charge in [-0.3, -0.25) is 4.79 Å². The molecule has 0 saturated carbocycles. The maximum absolute atomic E-state index is 11.9. The van der Waals surface area contributed by atoms with E-state index in [4.69, 9.17) is 11.6 Å². The van der Waals surface area contributed by atoms with Gasteiger partial charge in [0.05, 0.1) is 5.02 Å². The number of aromatic hydroxyl groups is 1. The minimum Gasteiger partial charge on any atom is -0.506 e. The van der Waals surface area contributed by atoms with E-state index in [0.29, 0.717) is 11.3 Å². The average molecular weight is 262 g/mol. The molecule has 0 heterocycles. The second kappa shape index (κ2) is 5.10. The minimum absolute atomic E-state index is 0.00637. The highest BCUT2D eigenvalue weighted by atomic mass is 35.5. The zero-order valence-corrected chi connectivity index (χ0v) is 10.5. The number of hydrogen-bond acceptors (Lipinski definition) is 2. The number of hydrogen-bond donors (Lipinski definition) is 2. The summed E-state index contributed by atoms with van der Waals surface area (Å²) in [4.78, 5) is 11.9. The number of carbonyl (C=O) groups is 1. The van der Waals surface area contributed by atoms with Gasteiger partial charge in [0.1, 0.15) is 5.75 Å². The van der Waals surface area contributed by atoms with E-state index in [1.54, 1.807) is 31.2 Å². The fourth-order valence-electron chi connectivity index (χ4n) is 1.58. The Morgan fingerprint density at radius 1 is 1.22 bits per heavy atom. The normalized spacial score (nSPS) is 10.1. The average Bonchev–Trinajstić information content (AvgIpc) is 2.37. The fourth-order valence-corrected chi connectivity index (χ4v) is 1.75. The summed E-state index contributed by atoms with van der Waals surface area (Å²) in [6.07, 6.45) is 0. The maximum atomic E-state index is 11.9. The lowest BCUT2D eigenvalue weighted by molar-refractivity contribution is 0.102. The van der Waals surface area contributed by atoms with Crippen LogP contribution >= 0.6 is 11.6 Å². The Labute approximate surface area is 110 Å². The van der Waals surface area contributed by atoms with Crippen molar-refractivity contribution in [2.75, 3.05) is 5.32 Å². The van der Waals surface area contributed by atoms with Gasteiger partial charge in [-0.05, 0) is 36.8 Å². The highest BCUT2D eigenvalue weighted by molar-refractivity contribution is 6.32. The predicted octanol–water partition coefficient (Wildman–Crippen LogP) is 3.61. The summed E-state index contributed by atoms with van der Waals surface area (Å²) in [6, 6.07) is 12.0. The van der Waals surface area contributed by atoms with Crippen LogP contribution in [0.15, 0.2) is 42.5 Å². The number of amides is 1. The van der Waals surface area contributed by atoms with Crippen LogP contribution in [-0.2, 0) is 0 Å². The molecule has 0 aliphatic carbocycles. The molecule has 0 aliphatic heterocycles. The number of halogens is 1. The minimum atomic E-state index is -0.208. The third-order valence-corrected chi connectivity index (χ3v) is 2.88. The molecule has 4 heteroatoms. The second-order valence-electron chi connectivity index (χ2n) is 3.94. The summed E-state index contributed by atoms with van der Waals surface area (Å²) in [5.74, 6) is -0.202. The quantitative estimate of drug-likeness (QED) is 0.812. The van der Waals surface area contributed by atoms with Crippen molar-refractivity contribution >= 4 is 23.2 Å². The molecule has 3 nitrogen and oxygen atoms in total. The smallest absolute Gasteiger partial charge is 0.255 e. The monoisotopic (exact) mass is 261 g/mol. The molecular weight excluding hydrogens is 250 g/mol. The Hall–Kier alpha value is -2.00. The number of phenolic OH excluding ortho intramolecular Hbond substituents is 1. The Kier molecular flexibility index (Phi) is 3.53. The Bertz CT molecular complexity index is 582. The van der Waals surface area contributed by atoms with E-state index >= 15 is 0 Å². The van der Waals surface area contributed by atoms with Crippen molar-refractivity contribution in [1.82, 2.24) is 0 Å². The van der Waals surface area contributed by atoms with E-state index in [2.05, 4.69) is 5.32 Å². The molecule has 2 aromatic carbocycles. The molecule has 0 radical (unpaired) electrons. The van der Waals surface area contributed by atoms with Gasteiger partial charge in [0, 0.05) is 11.3 Å². The van der Waals surface area contributed by atoms with Gasteiger partial charge in [-0.2, -0.15) is 0 Å². The van der Waals surface area contributed by atoms with Crippen molar-refractivity contribution in [3.8, 4) is 5.75 Å². The third-order valence-electron chi connectivity index (χ3n) is 2.58. The number of carbonyl (C=O) groups excluding carboxylic acids is 1. The molecular formula is C14H12ClNO2. The summed E-state index contributed by atoms with van der Waals surface area (Å²) in [5.41, 5.74) is 1.91. The number of anilines is 1. The van der Waals surface area contributed by atoms with Gasteiger partial charge < -0.3 is 10.4 Å². The Balaban J connectivity index is 2.25. The lowest BCUT2D eigenvalue weighted by Gasteiger charge is -2.09. The summed E-state index contributed by atoms with van der Waals surface area (Å²) in [6.45, 7) is 1.79. The van der Waals surface area contributed by atoms with Crippen molar-refractivity contribution in [2.45, 2.75) is 6.92 Å². The molecule has 0 fully saturated rings. The largest absolute Gasteiger partial charge is 0.506 e. The molecule has 2 rings (SSSR count). The van der Waals surface area contributed by atoms with Crippen LogP contribution < -0.4 is 5.32 Å². The van der Waals surface area contributed by atoms with Crippen LogP contribution in [-0.4, -0.2) is 11.0 Å². The van der Waals surface area contributed by atoms with E-state index in [-0.39, 0.29) is 16.7 Å². The van der Waals surface area contributed by atoms with Crippen LogP contribution in [0.5, 0.6) is 5.75 Å². The zero-order valence-electron chi connectivity index (χ0n) is 9.77. The van der Waals surface area contributed by atoms with Crippen molar-refractivity contribution in [1.29, 1.82) is 0 Å². The first kappa shape index (κ1) is 12.5. The molecule has 0 aromatic heterocycles. The molecule has 0 atom stereocenters. The first-order chi connectivity index (χ1) is 8.58. The summed E-state index contributed by atoms with van der Waals surface area (Å²) in [7, 11) is 0.